The van der Waals surface area contributed by atoms with Gasteiger partial charge in [0.05, 0.1) is 11.6 Å². The molecule has 1 fully saturated rings. The van der Waals surface area contributed by atoms with Gasteiger partial charge in [0.1, 0.15) is 17.3 Å². The van der Waals surface area contributed by atoms with Crippen LogP contribution in [0.3, 0.4) is 0 Å². The van der Waals surface area contributed by atoms with Gasteiger partial charge in [0.25, 0.3) is 5.91 Å². The minimum absolute atomic E-state index is 0.0403. The number of carbonyl (C=O) groups excluding carboxylic acids is 2. The predicted octanol–water partition coefficient (Wildman–Crippen LogP) is 3.28. The summed E-state index contributed by atoms with van der Waals surface area (Å²) in [5.41, 5.74) is 1.29. The molecule has 0 unspecified atom stereocenters. The van der Waals surface area contributed by atoms with Crippen molar-refractivity contribution >= 4 is 29.6 Å². The van der Waals surface area contributed by atoms with Crippen LogP contribution in [0.4, 0.5) is 9.18 Å². The van der Waals surface area contributed by atoms with E-state index in [1.54, 1.807) is 6.07 Å². The Morgan fingerprint density at radius 1 is 1.17 bits per heavy atom. The van der Waals surface area contributed by atoms with Gasteiger partial charge in [-0.25, -0.2) is 9.18 Å². The first kappa shape index (κ1) is 16.0. The maximum atomic E-state index is 12.9. The number of benzene rings is 2. The van der Waals surface area contributed by atoms with Crippen LogP contribution in [-0.2, 0) is 11.3 Å². The van der Waals surface area contributed by atoms with Crippen LogP contribution in [-0.4, -0.2) is 21.9 Å². The number of amides is 3. The van der Waals surface area contributed by atoms with Crippen molar-refractivity contribution in [2.45, 2.75) is 6.54 Å². The first-order valence-electron chi connectivity index (χ1n) is 7.01. The van der Waals surface area contributed by atoms with Gasteiger partial charge in [0, 0.05) is 0 Å². The molecule has 1 aliphatic heterocycles. The Labute approximate surface area is 142 Å². The van der Waals surface area contributed by atoms with Gasteiger partial charge in [-0.3, -0.25) is 9.69 Å². The molecule has 0 aromatic heterocycles. The zero-order valence-corrected chi connectivity index (χ0v) is 13.0. The number of nitrogens with zero attached hydrogens (tertiary/aromatic N) is 1. The third-order valence-electron chi connectivity index (χ3n) is 3.50. The number of rotatable bonds is 3. The van der Waals surface area contributed by atoms with Crippen LogP contribution in [0.2, 0.25) is 5.02 Å². The summed E-state index contributed by atoms with van der Waals surface area (Å²) in [5.74, 6) is -0.951. The highest BCUT2D eigenvalue weighted by molar-refractivity contribution is 6.32. The standard InChI is InChI=1S/C17H12ClFN2O3/c18-13-7-11(3-6-15(13)22)8-14-16(23)21(17(24)20-14)9-10-1-4-12(19)5-2-10/h1-8,22H,9H2,(H,20,24)/b14-8-. The average Bonchev–Trinajstić information content (AvgIpc) is 2.80. The molecule has 0 radical (unpaired) electrons. The molecular formula is C17H12ClFN2O3. The van der Waals surface area contributed by atoms with Crippen LogP contribution in [0.25, 0.3) is 6.08 Å². The Kier molecular flexibility index (Phi) is 4.22. The van der Waals surface area contributed by atoms with Gasteiger partial charge >= 0.3 is 6.03 Å². The SMILES string of the molecule is O=C1N/C(=C\c2ccc(O)c(Cl)c2)C(=O)N1Cc1ccc(F)cc1. The lowest BCUT2D eigenvalue weighted by molar-refractivity contribution is -0.123. The highest BCUT2D eigenvalue weighted by Gasteiger charge is 2.33. The maximum absolute atomic E-state index is 12.9. The molecular weight excluding hydrogens is 335 g/mol. The quantitative estimate of drug-likeness (QED) is 0.662. The van der Waals surface area contributed by atoms with Crippen molar-refractivity contribution in [1.29, 1.82) is 0 Å². The molecule has 1 aliphatic rings. The van der Waals surface area contributed by atoms with Crippen LogP contribution < -0.4 is 5.32 Å². The zero-order valence-electron chi connectivity index (χ0n) is 12.3. The minimum atomic E-state index is -0.555. The Bertz CT molecular complexity index is 849. The summed E-state index contributed by atoms with van der Waals surface area (Å²) in [5, 5.41) is 12.0. The number of hydrogen-bond acceptors (Lipinski definition) is 3. The van der Waals surface area contributed by atoms with Crippen molar-refractivity contribution < 1.29 is 19.1 Å². The summed E-state index contributed by atoms with van der Waals surface area (Å²) < 4.78 is 12.9. The van der Waals surface area contributed by atoms with E-state index < -0.39 is 11.9 Å². The third-order valence-corrected chi connectivity index (χ3v) is 3.80. The van der Waals surface area contributed by atoms with Crippen molar-refractivity contribution in [2.24, 2.45) is 0 Å². The number of halogens is 2. The highest BCUT2D eigenvalue weighted by Crippen LogP contribution is 2.25. The Morgan fingerprint density at radius 2 is 1.88 bits per heavy atom. The molecule has 1 saturated heterocycles. The van der Waals surface area contributed by atoms with Crippen LogP contribution in [0, 0.1) is 5.82 Å². The van der Waals surface area contributed by atoms with Gasteiger partial charge in [-0.2, -0.15) is 0 Å². The molecule has 3 rings (SSSR count). The van der Waals surface area contributed by atoms with E-state index in [9.17, 15) is 19.1 Å². The average molecular weight is 347 g/mol. The maximum Gasteiger partial charge on any atom is 0.329 e. The van der Waals surface area contributed by atoms with Crippen LogP contribution in [0.15, 0.2) is 48.2 Å². The Hall–Kier alpha value is -2.86. The molecule has 1 heterocycles. The van der Waals surface area contributed by atoms with E-state index in [0.717, 1.165) is 4.90 Å². The van der Waals surface area contributed by atoms with Gasteiger partial charge < -0.3 is 10.4 Å². The van der Waals surface area contributed by atoms with Crippen LogP contribution in [0.1, 0.15) is 11.1 Å². The number of urea groups is 1. The third kappa shape index (κ3) is 3.23. The minimum Gasteiger partial charge on any atom is -0.506 e. The number of hydrogen-bond donors (Lipinski definition) is 2. The fourth-order valence-electron chi connectivity index (χ4n) is 2.27. The molecule has 0 bridgehead atoms. The molecule has 2 N–H and O–H groups in total. The lowest BCUT2D eigenvalue weighted by atomic mass is 10.1. The largest absolute Gasteiger partial charge is 0.506 e. The molecule has 0 spiro atoms. The van der Waals surface area contributed by atoms with E-state index in [1.165, 1.54) is 42.5 Å². The number of aromatic hydroxyl groups is 1. The molecule has 0 saturated carbocycles. The normalized spacial score (nSPS) is 15.9. The van der Waals surface area contributed by atoms with E-state index in [0.29, 0.717) is 11.1 Å². The van der Waals surface area contributed by atoms with Gasteiger partial charge in [0.2, 0.25) is 0 Å². The zero-order chi connectivity index (χ0) is 17.3. The molecule has 122 valence electrons. The first-order chi connectivity index (χ1) is 11.4. The fraction of sp³-hybridized carbons (Fsp3) is 0.0588. The Balaban J connectivity index is 1.81. The van der Waals surface area contributed by atoms with Crippen molar-refractivity contribution in [2.75, 3.05) is 0 Å². The summed E-state index contributed by atoms with van der Waals surface area (Å²) in [7, 11) is 0. The highest BCUT2D eigenvalue weighted by atomic mass is 35.5. The second kappa shape index (κ2) is 6.33. The molecule has 7 heteroatoms. The van der Waals surface area contributed by atoms with Crippen molar-refractivity contribution in [3.63, 3.8) is 0 Å². The lowest BCUT2D eigenvalue weighted by Crippen LogP contribution is -2.30. The Morgan fingerprint density at radius 3 is 2.54 bits per heavy atom. The van der Waals surface area contributed by atoms with Crippen molar-refractivity contribution in [3.05, 3.63) is 70.1 Å². The van der Waals surface area contributed by atoms with Gasteiger partial charge in [-0.1, -0.05) is 29.8 Å². The molecule has 2 aromatic carbocycles. The number of phenolic OH excluding ortho intramolecular Hbond substituents is 1. The van der Waals surface area contributed by atoms with Gasteiger partial charge in [-0.15, -0.1) is 0 Å². The second-order valence-corrected chi connectivity index (χ2v) is 5.62. The summed E-state index contributed by atoms with van der Waals surface area (Å²) in [6.07, 6.45) is 1.47. The van der Waals surface area contributed by atoms with Crippen LogP contribution in [0.5, 0.6) is 5.75 Å². The number of imide groups is 1. The van der Waals surface area contributed by atoms with E-state index in [2.05, 4.69) is 5.32 Å². The summed E-state index contributed by atoms with van der Waals surface area (Å²) in [6, 6.07) is 9.44. The van der Waals surface area contributed by atoms with E-state index in [4.69, 9.17) is 11.6 Å². The van der Waals surface area contributed by atoms with Gasteiger partial charge in [-0.05, 0) is 41.5 Å². The van der Waals surface area contributed by atoms with Gasteiger partial charge in [0.15, 0.2) is 0 Å². The molecule has 2 aromatic rings. The first-order valence-corrected chi connectivity index (χ1v) is 7.39. The summed E-state index contributed by atoms with van der Waals surface area (Å²) >= 11 is 5.82. The van der Waals surface area contributed by atoms with Crippen LogP contribution >= 0.6 is 11.6 Å². The second-order valence-electron chi connectivity index (χ2n) is 5.22. The van der Waals surface area contributed by atoms with E-state index in [-0.39, 0.29) is 28.8 Å². The molecule has 3 amide bonds. The summed E-state index contributed by atoms with van der Waals surface area (Å²) in [4.78, 5) is 25.4. The van der Waals surface area contributed by atoms with E-state index >= 15 is 0 Å². The molecule has 5 nitrogen and oxygen atoms in total. The van der Waals surface area contributed by atoms with Crippen molar-refractivity contribution in [3.8, 4) is 5.75 Å². The molecule has 0 atom stereocenters. The number of phenols is 1. The lowest BCUT2D eigenvalue weighted by Gasteiger charge is -2.11. The molecule has 24 heavy (non-hydrogen) atoms. The topological polar surface area (TPSA) is 69.6 Å². The fourth-order valence-corrected chi connectivity index (χ4v) is 2.46. The summed E-state index contributed by atoms with van der Waals surface area (Å²) in [6.45, 7) is 0.0403. The smallest absolute Gasteiger partial charge is 0.329 e. The van der Waals surface area contributed by atoms with Crippen molar-refractivity contribution in [1.82, 2.24) is 10.2 Å². The predicted molar refractivity (Wildman–Crippen MR) is 86.6 cm³/mol. The number of nitrogens with one attached hydrogen (secondary N) is 1. The monoisotopic (exact) mass is 346 g/mol. The molecule has 0 aliphatic carbocycles. The van der Waals surface area contributed by atoms with E-state index in [1.807, 2.05) is 0 Å². The number of carbonyl (C=O) groups is 2.